The van der Waals surface area contributed by atoms with Crippen molar-refractivity contribution in [1.29, 1.82) is 10.5 Å². The second kappa shape index (κ2) is 12.7. The predicted octanol–water partition coefficient (Wildman–Crippen LogP) is 6.04. The van der Waals surface area contributed by atoms with E-state index in [1.54, 1.807) is 12.1 Å². The monoisotopic (exact) mass is 582 g/mol. The number of nitriles is 2. The molecule has 0 amide bonds. The van der Waals surface area contributed by atoms with E-state index in [1.165, 1.54) is 35.7 Å². The molecule has 2 aromatic carbocycles. The maximum atomic E-state index is 15.1. The van der Waals surface area contributed by atoms with E-state index in [0.717, 1.165) is 18.4 Å². The van der Waals surface area contributed by atoms with Crippen molar-refractivity contribution in [3.05, 3.63) is 107 Å². The van der Waals surface area contributed by atoms with Gasteiger partial charge in [-0.3, -0.25) is 4.98 Å². The quantitative estimate of drug-likeness (QED) is 0.0941. The zero-order valence-electron chi connectivity index (χ0n) is 23.6. The van der Waals surface area contributed by atoms with E-state index < -0.39 is 12.0 Å². The first-order chi connectivity index (χ1) is 20.7. The molecular formula is C31H29ClFN9. The Morgan fingerprint density at radius 2 is 1.98 bits per heavy atom. The summed E-state index contributed by atoms with van der Waals surface area (Å²) in [6, 6.07) is 17.9. The largest absolute Gasteiger partial charge is 0.399 e. The summed E-state index contributed by atoms with van der Waals surface area (Å²) in [6.07, 6.45) is 6.70. The summed E-state index contributed by atoms with van der Waals surface area (Å²) in [6.45, 7) is 0. The molecule has 4 aromatic rings. The summed E-state index contributed by atoms with van der Waals surface area (Å²) in [5, 5.41) is 27.9. The summed E-state index contributed by atoms with van der Waals surface area (Å²) >= 11 is 6.71. The molecule has 1 unspecified atom stereocenters. The van der Waals surface area contributed by atoms with Gasteiger partial charge in [0.2, 0.25) is 5.95 Å². The van der Waals surface area contributed by atoms with Gasteiger partial charge < -0.3 is 21.4 Å². The highest BCUT2D eigenvalue weighted by Gasteiger charge is 2.27. The Kier molecular flexibility index (Phi) is 8.27. The molecule has 0 saturated heterocycles. The molecule has 0 spiro atoms. The molecule has 1 saturated carbocycles. The van der Waals surface area contributed by atoms with Crippen LogP contribution in [0.2, 0.25) is 5.02 Å². The molecule has 0 bridgehead atoms. The maximum absolute atomic E-state index is 15.1. The van der Waals surface area contributed by atoms with Crippen LogP contribution in [-0.2, 0) is 0 Å². The van der Waals surface area contributed by atoms with Crippen molar-refractivity contribution >= 4 is 33.9 Å². The van der Waals surface area contributed by atoms with Gasteiger partial charge in [-0.15, -0.1) is 0 Å². The van der Waals surface area contributed by atoms with Gasteiger partial charge in [0.25, 0.3) is 0 Å². The van der Waals surface area contributed by atoms with Crippen LogP contribution in [0.25, 0.3) is 10.9 Å². The molecule has 11 heteroatoms. The van der Waals surface area contributed by atoms with Crippen molar-refractivity contribution in [3.63, 3.8) is 0 Å². The topological polar surface area (TPSA) is 153 Å². The van der Waals surface area contributed by atoms with Gasteiger partial charge in [0.15, 0.2) is 0 Å². The number of nitrogens with two attached hydrogens (primary N) is 2. The minimum absolute atomic E-state index is 0.0621. The molecule has 1 aliphatic rings. The number of rotatable bonds is 11. The third kappa shape index (κ3) is 6.36. The number of aromatic nitrogens is 2. The molecule has 6 N–H and O–H groups in total. The highest BCUT2D eigenvalue weighted by atomic mass is 35.5. The van der Waals surface area contributed by atoms with E-state index >= 15 is 4.39 Å². The first-order valence-electron chi connectivity index (χ1n) is 13.9. The Bertz CT molecular complexity index is 1750. The van der Waals surface area contributed by atoms with Gasteiger partial charge in [0.1, 0.15) is 6.07 Å². The van der Waals surface area contributed by atoms with Crippen molar-refractivity contribution in [2.45, 2.75) is 43.8 Å². The Morgan fingerprint density at radius 1 is 1.19 bits per heavy atom. The average Bonchev–Trinajstić information content (AvgIpc) is 3.86. The van der Waals surface area contributed by atoms with Crippen LogP contribution < -0.4 is 22.2 Å². The smallest absolute Gasteiger partial charge is 0.218 e. The lowest BCUT2D eigenvalue weighted by atomic mass is 10.00. The molecule has 2 aromatic heterocycles. The fourth-order valence-corrected chi connectivity index (χ4v) is 4.95. The van der Waals surface area contributed by atoms with Crippen LogP contribution in [0.4, 0.5) is 15.8 Å². The second-order valence-corrected chi connectivity index (χ2v) is 10.3. The van der Waals surface area contributed by atoms with Gasteiger partial charge in [-0.1, -0.05) is 48.0 Å². The summed E-state index contributed by atoms with van der Waals surface area (Å²) in [4.78, 5) is 8.14. The van der Waals surface area contributed by atoms with Crippen molar-refractivity contribution < 1.29 is 5.76 Å². The van der Waals surface area contributed by atoms with Crippen LogP contribution >= 0.6 is 11.6 Å². The van der Waals surface area contributed by atoms with Gasteiger partial charge in [0.05, 0.1) is 47.0 Å². The third-order valence-corrected chi connectivity index (χ3v) is 7.24. The summed E-state index contributed by atoms with van der Waals surface area (Å²) in [5.74, 6) is 5.26. The van der Waals surface area contributed by atoms with Crippen molar-refractivity contribution in [2.24, 2.45) is 11.6 Å². The average molecular weight is 583 g/mol. The molecule has 1 fully saturated rings. The molecular weight excluding hydrogens is 553 g/mol. The number of hydrazine groups is 1. The number of anilines is 2. The van der Waals surface area contributed by atoms with Crippen LogP contribution in [0.15, 0.2) is 78.9 Å². The Balaban J connectivity index is 1.62. The molecule has 2 heterocycles. The lowest BCUT2D eigenvalue weighted by Crippen LogP contribution is -2.31. The van der Waals surface area contributed by atoms with Gasteiger partial charge in [-0.25, -0.2) is 10.8 Å². The van der Waals surface area contributed by atoms with Crippen LogP contribution in [0, 0.1) is 28.6 Å². The van der Waals surface area contributed by atoms with E-state index in [-0.39, 0.29) is 40.4 Å². The normalized spacial score (nSPS) is 15.5. The van der Waals surface area contributed by atoms with Gasteiger partial charge in [-0.2, -0.15) is 14.9 Å². The van der Waals surface area contributed by atoms with Crippen LogP contribution in [-0.4, -0.2) is 21.0 Å². The Labute approximate surface area is 249 Å². The van der Waals surface area contributed by atoms with Gasteiger partial charge >= 0.3 is 0 Å². The molecule has 0 aliphatic heterocycles. The van der Waals surface area contributed by atoms with E-state index in [0.29, 0.717) is 28.7 Å². The maximum Gasteiger partial charge on any atom is 0.218 e. The fourth-order valence-electron chi connectivity index (χ4n) is 4.68. The van der Waals surface area contributed by atoms with Crippen molar-refractivity contribution in [3.8, 4) is 12.1 Å². The second-order valence-electron chi connectivity index (χ2n) is 9.92. The number of hydrogen-bond donors (Lipinski definition) is 4. The number of nitrogens with one attached hydrogen (secondary N) is 2. The molecule has 212 valence electrons. The van der Waals surface area contributed by atoms with E-state index in [9.17, 15) is 11.9 Å². The lowest BCUT2D eigenvalue weighted by molar-refractivity contribution is 0.377. The predicted molar refractivity (Wildman–Crippen MR) is 161 cm³/mol. The molecule has 42 heavy (non-hydrogen) atoms. The lowest BCUT2D eigenvalue weighted by Gasteiger charge is -2.24. The minimum atomic E-state index is -2.03. The SMILES string of the molecule is [2H]C(Nc1cc(Cl)c2ncc(C#N)c(N[C@H](CCC#N)c3ccccc3)c2c1)(/C(N)=C/N(N)C1CC1)c1cccnc1F. The molecule has 5 rings (SSSR count). The zero-order chi connectivity index (χ0) is 30.6. The van der Waals surface area contributed by atoms with E-state index in [4.69, 9.17) is 23.2 Å². The van der Waals surface area contributed by atoms with Crippen LogP contribution in [0.5, 0.6) is 0 Å². The fraction of sp³-hybridized carbons (Fsp3) is 0.226. The number of halogens is 2. The number of benzene rings is 2. The molecule has 0 radical (unpaired) electrons. The zero-order valence-corrected chi connectivity index (χ0v) is 23.3. The first-order valence-corrected chi connectivity index (χ1v) is 13.7. The number of nitrogens with zero attached hydrogens (tertiary/aromatic N) is 5. The van der Waals surface area contributed by atoms with E-state index in [2.05, 4.69) is 32.7 Å². The highest BCUT2D eigenvalue weighted by molar-refractivity contribution is 6.35. The minimum Gasteiger partial charge on any atom is -0.399 e. The number of pyridine rings is 2. The summed E-state index contributed by atoms with van der Waals surface area (Å²) in [5.41, 5.74) is 8.64. The Hall–Kier alpha value is -4.90. The van der Waals surface area contributed by atoms with Crippen LogP contribution in [0.1, 0.15) is 55.8 Å². The molecule has 9 nitrogen and oxygen atoms in total. The van der Waals surface area contributed by atoms with Crippen LogP contribution in [0.3, 0.4) is 0 Å². The van der Waals surface area contributed by atoms with Gasteiger partial charge in [-0.05, 0) is 43.0 Å². The molecule has 2 atom stereocenters. The third-order valence-electron chi connectivity index (χ3n) is 6.95. The Morgan fingerprint density at radius 3 is 2.67 bits per heavy atom. The van der Waals surface area contributed by atoms with E-state index in [1.807, 2.05) is 30.3 Å². The number of fused-ring (bicyclic) bond motifs is 1. The summed E-state index contributed by atoms with van der Waals surface area (Å²) < 4.78 is 24.4. The van der Waals surface area contributed by atoms with Crippen molar-refractivity contribution in [2.75, 3.05) is 10.6 Å². The highest BCUT2D eigenvalue weighted by Crippen LogP contribution is 2.37. The van der Waals surface area contributed by atoms with Crippen molar-refractivity contribution in [1.82, 2.24) is 15.0 Å². The van der Waals surface area contributed by atoms with Gasteiger partial charge in [0, 0.05) is 47.7 Å². The summed E-state index contributed by atoms with van der Waals surface area (Å²) in [7, 11) is 0. The molecule has 1 aliphatic carbocycles. The number of hydrogen-bond acceptors (Lipinski definition) is 9. The first kappa shape index (κ1) is 27.3. The standard InChI is InChI=1S/C31H29ClFN9/c32-25-15-21(40-30(23-8-5-13-38-31(23)33)26(36)18-42(37)22-10-11-22)14-24-28(20(16-35)17-39-29(24)25)41-27(9-4-12-34)19-6-2-1-3-7-19/h1-3,5-8,13-15,17-18,22,27,30,40H,4,9-11,36-37H2,(H,39,41)/b26-18-/t27-,30?/m1/s1/i30D.